The molecular formula is C19H13N5O2S2. The number of rotatable bonds is 5. The van der Waals surface area contributed by atoms with Crippen LogP contribution in [0.3, 0.4) is 0 Å². The van der Waals surface area contributed by atoms with Crippen molar-refractivity contribution >= 4 is 56.0 Å². The summed E-state index contributed by atoms with van der Waals surface area (Å²) in [5, 5.41) is 14.1. The molecule has 1 N–H and O–H groups in total. The van der Waals surface area contributed by atoms with Gasteiger partial charge in [0.25, 0.3) is 0 Å². The van der Waals surface area contributed by atoms with Crippen LogP contribution in [-0.2, 0) is 0 Å². The van der Waals surface area contributed by atoms with E-state index in [9.17, 15) is 0 Å². The molecule has 7 nitrogen and oxygen atoms in total. The molecule has 0 saturated carbocycles. The number of para-hydroxylation sites is 1. The number of benzene rings is 2. The third-order valence-corrected chi connectivity index (χ3v) is 5.93. The number of nitrogens with one attached hydrogen (secondary N) is 1. The number of methoxy groups -OCH3 is 1. The van der Waals surface area contributed by atoms with E-state index in [1.165, 1.54) is 23.1 Å². The van der Waals surface area contributed by atoms with Crippen molar-refractivity contribution in [2.75, 3.05) is 12.4 Å². The van der Waals surface area contributed by atoms with Crippen LogP contribution in [0.1, 0.15) is 0 Å². The van der Waals surface area contributed by atoms with E-state index in [2.05, 4.69) is 25.5 Å². The van der Waals surface area contributed by atoms with Gasteiger partial charge in [-0.2, -0.15) is 0 Å². The molecule has 0 amide bonds. The van der Waals surface area contributed by atoms with Crippen molar-refractivity contribution < 1.29 is 9.15 Å². The lowest BCUT2D eigenvalue weighted by molar-refractivity contribution is 0.415. The summed E-state index contributed by atoms with van der Waals surface area (Å²) in [6.45, 7) is 0. The molecule has 2 aromatic carbocycles. The molecule has 0 aliphatic heterocycles. The number of aromatic nitrogens is 4. The zero-order valence-electron chi connectivity index (χ0n) is 14.6. The standard InChI is InChI=1S/C19H13N5O2S2/c1-25-12-8-6-11(7-9-12)22-18-23-24-19(28-18)27-17-16-15(20-10-21-17)13-4-2-3-5-14(13)26-16/h2-10H,1H3,(H,22,23). The van der Waals surface area contributed by atoms with Gasteiger partial charge in [-0.25, -0.2) is 9.97 Å². The van der Waals surface area contributed by atoms with Crippen LogP contribution in [0.4, 0.5) is 10.8 Å². The van der Waals surface area contributed by atoms with Gasteiger partial charge in [0.1, 0.15) is 28.2 Å². The zero-order valence-corrected chi connectivity index (χ0v) is 16.3. The predicted octanol–water partition coefficient (Wildman–Crippen LogP) is 5.13. The SMILES string of the molecule is COc1ccc(Nc2nnc(Sc3ncnc4c3oc3ccccc34)s2)cc1. The van der Waals surface area contributed by atoms with E-state index in [1.54, 1.807) is 13.4 Å². The second kappa shape index (κ2) is 7.10. The number of anilines is 2. The van der Waals surface area contributed by atoms with Crippen LogP contribution in [0.15, 0.2) is 68.6 Å². The highest BCUT2D eigenvalue weighted by Gasteiger charge is 2.16. The topological polar surface area (TPSA) is 86.0 Å². The molecule has 5 rings (SSSR count). The van der Waals surface area contributed by atoms with Crippen LogP contribution in [-0.4, -0.2) is 27.3 Å². The van der Waals surface area contributed by atoms with Crippen molar-refractivity contribution in [2.24, 2.45) is 0 Å². The summed E-state index contributed by atoms with van der Waals surface area (Å²) in [6, 6.07) is 15.4. The lowest BCUT2D eigenvalue weighted by Crippen LogP contribution is -1.89. The Balaban J connectivity index is 1.41. The molecule has 0 fully saturated rings. The molecule has 28 heavy (non-hydrogen) atoms. The summed E-state index contributed by atoms with van der Waals surface area (Å²) in [7, 11) is 1.64. The van der Waals surface area contributed by atoms with Gasteiger partial charge >= 0.3 is 0 Å². The van der Waals surface area contributed by atoms with Gasteiger partial charge in [-0.3, -0.25) is 0 Å². The Labute approximate surface area is 167 Å². The van der Waals surface area contributed by atoms with Gasteiger partial charge in [0.15, 0.2) is 9.92 Å². The fraction of sp³-hybridized carbons (Fsp3) is 0.0526. The molecule has 9 heteroatoms. The molecule has 5 aromatic rings. The molecule has 0 spiro atoms. The molecular weight excluding hydrogens is 394 g/mol. The first-order chi connectivity index (χ1) is 13.8. The smallest absolute Gasteiger partial charge is 0.210 e. The molecule has 0 bridgehead atoms. The van der Waals surface area contributed by atoms with Crippen LogP contribution >= 0.6 is 23.1 Å². The van der Waals surface area contributed by atoms with Gasteiger partial charge in [-0.05, 0) is 48.2 Å². The van der Waals surface area contributed by atoms with E-state index in [0.29, 0.717) is 15.7 Å². The molecule has 0 unspecified atom stereocenters. The Hall–Kier alpha value is -3.17. The molecule has 0 radical (unpaired) electrons. The lowest BCUT2D eigenvalue weighted by atomic mass is 10.2. The molecule has 3 aromatic heterocycles. The molecule has 138 valence electrons. The maximum absolute atomic E-state index is 5.96. The summed E-state index contributed by atoms with van der Waals surface area (Å²) >= 11 is 2.85. The lowest BCUT2D eigenvalue weighted by Gasteiger charge is -2.03. The molecule has 3 heterocycles. The zero-order chi connectivity index (χ0) is 18.9. The van der Waals surface area contributed by atoms with Crippen molar-refractivity contribution in [1.29, 1.82) is 0 Å². The third-order valence-electron chi connectivity index (χ3n) is 4.06. The summed E-state index contributed by atoms with van der Waals surface area (Å²) in [5.41, 5.74) is 3.16. The average molecular weight is 407 g/mol. The fourth-order valence-corrected chi connectivity index (χ4v) is 4.47. The monoisotopic (exact) mass is 407 g/mol. The molecule has 0 saturated heterocycles. The van der Waals surface area contributed by atoms with E-state index in [1.807, 2.05) is 48.5 Å². The average Bonchev–Trinajstić information content (AvgIpc) is 3.33. The van der Waals surface area contributed by atoms with Crippen LogP contribution in [0, 0.1) is 0 Å². The number of furan rings is 1. The van der Waals surface area contributed by atoms with Gasteiger partial charge in [0.2, 0.25) is 5.13 Å². The second-order valence-corrected chi connectivity index (χ2v) is 8.00. The van der Waals surface area contributed by atoms with Crippen LogP contribution in [0.2, 0.25) is 0 Å². The van der Waals surface area contributed by atoms with Crippen molar-refractivity contribution in [3.05, 3.63) is 54.9 Å². The van der Waals surface area contributed by atoms with Crippen molar-refractivity contribution in [2.45, 2.75) is 9.37 Å². The van der Waals surface area contributed by atoms with Crippen LogP contribution in [0.25, 0.3) is 22.1 Å². The number of nitrogens with zero attached hydrogens (tertiary/aromatic N) is 4. The summed E-state index contributed by atoms with van der Waals surface area (Å²) in [6.07, 6.45) is 1.55. The van der Waals surface area contributed by atoms with Crippen molar-refractivity contribution in [3.63, 3.8) is 0 Å². The fourth-order valence-electron chi connectivity index (χ4n) is 2.76. The Morgan fingerprint density at radius 3 is 2.75 bits per heavy atom. The van der Waals surface area contributed by atoms with Gasteiger partial charge in [0.05, 0.1) is 7.11 Å². The minimum atomic E-state index is 0.661. The molecule has 0 atom stereocenters. The van der Waals surface area contributed by atoms with E-state index in [0.717, 1.165) is 32.3 Å². The number of fused-ring (bicyclic) bond motifs is 3. The quantitative estimate of drug-likeness (QED) is 0.401. The van der Waals surface area contributed by atoms with Crippen LogP contribution in [0.5, 0.6) is 5.75 Å². The minimum Gasteiger partial charge on any atom is -0.497 e. The normalized spacial score (nSPS) is 11.2. The number of ether oxygens (including phenoxy) is 1. The van der Waals surface area contributed by atoms with E-state index < -0.39 is 0 Å². The van der Waals surface area contributed by atoms with Gasteiger partial charge in [-0.1, -0.05) is 23.5 Å². The molecule has 0 aliphatic carbocycles. The molecule has 0 aliphatic rings. The van der Waals surface area contributed by atoms with E-state index >= 15 is 0 Å². The summed E-state index contributed by atoms with van der Waals surface area (Å²) in [4.78, 5) is 8.75. The Kier molecular flexibility index (Phi) is 4.30. The third kappa shape index (κ3) is 3.14. The summed E-state index contributed by atoms with van der Waals surface area (Å²) in [5.74, 6) is 0.803. The first-order valence-electron chi connectivity index (χ1n) is 8.35. The Bertz CT molecular complexity index is 1270. The van der Waals surface area contributed by atoms with E-state index in [4.69, 9.17) is 9.15 Å². The van der Waals surface area contributed by atoms with Crippen molar-refractivity contribution in [1.82, 2.24) is 20.2 Å². The van der Waals surface area contributed by atoms with Crippen molar-refractivity contribution in [3.8, 4) is 5.75 Å². The minimum absolute atomic E-state index is 0.661. The second-order valence-electron chi connectivity index (χ2n) is 5.78. The van der Waals surface area contributed by atoms with Crippen LogP contribution < -0.4 is 10.1 Å². The number of hydrogen-bond acceptors (Lipinski definition) is 9. The highest BCUT2D eigenvalue weighted by Crippen LogP contribution is 2.37. The van der Waals surface area contributed by atoms with Gasteiger partial charge in [-0.15, -0.1) is 10.2 Å². The number of hydrogen-bond donors (Lipinski definition) is 1. The first-order valence-corrected chi connectivity index (χ1v) is 9.98. The maximum atomic E-state index is 5.96. The Morgan fingerprint density at radius 1 is 1.04 bits per heavy atom. The van der Waals surface area contributed by atoms with E-state index in [-0.39, 0.29) is 0 Å². The first kappa shape index (κ1) is 17.0. The predicted molar refractivity (Wildman–Crippen MR) is 110 cm³/mol. The maximum Gasteiger partial charge on any atom is 0.210 e. The van der Waals surface area contributed by atoms with Gasteiger partial charge in [0, 0.05) is 11.1 Å². The largest absolute Gasteiger partial charge is 0.497 e. The highest BCUT2D eigenvalue weighted by molar-refractivity contribution is 8.01. The van der Waals surface area contributed by atoms with Gasteiger partial charge < -0.3 is 14.5 Å². The summed E-state index contributed by atoms with van der Waals surface area (Å²) < 4.78 is 11.9. The Morgan fingerprint density at radius 2 is 1.89 bits per heavy atom. The highest BCUT2D eigenvalue weighted by atomic mass is 32.2.